The van der Waals surface area contributed by atoms with Crippen LogP contribution in [0.1, 0.15) is 0 Å². The molecule has 0 unspecified atom stereocenters. The summed E-state index contributed by atoms with van der Waals surface area (Å²) in [5, 5.41) is 7.43. The van der Waals surface area contributed by atoms with Gasteiger partial charge in [0.1, 0.15) is 23.2 Å². The smallest absolute Gasteiger partial charge is 0.161 e. The predicted molar refractivity (Wildman–Crippen MR) is 113 cm³/mol. The minimum Gasteiger partial charge on any atom is -0.336 e. The van der Waals surface area contributed by atoms with E-state index in [-0.39, 0.29) is 5.82 Å². The van der Waals surface area contributed by atoms with Crippen LogP contribution in [-0.2, 0) is 0 Å². The molecule has 0 bridgehead atoms. The highest BCUT2D eigenvalue weighted by Crippen LogP contribution is 2.30. The fraction of sp³-hybridized carbons (Fsp3) is 0. The molecule has 8 nitrogen and oxygen atoms in total. The molecule has 0 radical (unpaired) electrons. The number of aromatic amines is 2. The Morgan fingerprint density at radius 1 is 0.742 bits per heavy atom. The second-order valence-corrected chi connectivity index (χ2v) is 6.94. The van der Waals surface area contributed by atoms with Crippen LogP contribution >= 0.6 is 0 Å². The summed E-state index contributed by atoms with van der Waals surface area (Å²) in [6.07, 6.45) is 6.59. The van der Waals surface area contributed by atoms with E-state index in [1.807, 2.05) is 18.2 Å². The number of nitrogens with one attached hydrogen (secondary N) is 2. The molecule has 5 aromatic heterocycles. The maximum atomic E-state index is 13.3. The molecule has 2 N–H and O–H groups in total. The first-order chi connectivity index (χ1) is 15.3. The molecule has 0 spiro atoms. The van der Waals surface area contributed by atoms with Crippen LogP contribution in [0.5, 0.6) is 0 Å². The summed E-state index contributed by atoms with van der Waals surface area (Å²) in [5.41, 5.74) is 6.52. The maximum Gasteiger partial charge on any atom is 0.161 e. The van der Waals surface area contributed by atoms with Crippen LogP contribution in [0.25, 0.3) is 56.1 Å². The van der Waals surface area contributed by atoms with Crippen molar-refractivity contribution in [3.63, 3.8) is 0 Å². The minimum absolute atomic E-state index is 0.299. The third-order valence-electron chi connectivity index (χ3n) is 5.01. The van der Waals surface area contributed by atoms with Crippen molar-refractivity contribution in [1.82, 2.24) is 40.1 Å². The molecule has 9 heteroatoms. The number of halogens is 1. The SMILES string of the molecule is Fc1ccc(-c2nccc3[nH]c(-c4n[nH]c5ccc(-c6cncnc6)nc45)nc23)cc1. The number of fused-ring (bicyclic) bond motifs is 2. The molecule has 31 heavy (non-hydrogen) atoms. The summed E-state index contributed by atoms with van der Waals surface area (Å²) in [6.45, 7) is 0. The molecule has 0 saturated carbocycles. The highest BCUT2D eigenvalue weighted by atomic mass is 19.1. The molecule has 0 aliphatic heterocycles. The van der Waals surface area contributed by atoms with Gasteiger partial charge in [0.05, 0.1) is 22.4 Å². The predicted octanol–water partition coefficient (Wildman–Crippen LogP) is 4.16. The van der Waals surface area contributed by atoms with Gasteiger partial charge in [0.2, 0.25) is 0 Å². The normalized spacial score (nSPS) is 11.4. The topological polar surface area (TPSA) is 109 Å². The second-order valence-electron chi connectivity index (χ2n) is 6.94. The van der Waals surface area contributed by atoms with Crippen LogP contribution in [0, 0.1) is 5.82 Å². The first-order valence-electron chi connectivity index (χ1n) is 9.48. The van der Waals surface area contributed by atoms with Crippen LogP contribution in [-0.4, -0.2) is 40.1 Å². The van der Waals surface area contributed by atoms with Gasteiger partial charge in [-0.3, -0.25) is 10.1 Å². The third-order valence-corrected chi connectivity index (χ3v) is 5.01. The van der Waals surface area contributed by atoms with Crippen molar-refractivity contribution in [2.75, 3.05) is 0 Å². The highest BCUT2D eigenvalue weighted by molar-refractivity contribution is 5.95. The molecule has 0 atom stereocenters. The molecule has 0 fully saturated rings. The van der Waals surface area contributed by atoms with Crippen molar-refractivity contribution in [3.8, 4) is 34.0 Å². The van der Waals surface area contributed by atoms with Gasteiger partial charge in [-0.1, -0.05) is 0 Å². The van der Waals surface area contributed by atoms with Gasteiger partial charge in [-0.15, -0.1) is 0 Å². The van der Waals surface area contributed by atoms with E-state index in [0.29, 0.717) is 28.2 Å². The van der Waals surface area contributed by atoms with E-state index < -0.39 is 0 Å². The lowest BCUT2D eigenvalue weighted by molar-refractivity contribution is 0.628. The van der Waals surface area contributed by atoms with Crippen molar-refractivity contribution in [3.05, 3.63) is 73.2 Å². The monoisotopic (exact) mass is 408 g/mol. The maximum absolute atomic E-state index is 13.3. The van der Waals surface area contributed by atoms with Crippen LogP contribution < -0.4 is 0 Å². The van der Waals surface area contributed by atoms with Gasteiger partial charge in [-0.05, 0) is 42.5 Å². The Morgan fingerprint density at radius 2 is 1.55 bits per heavy atom. The lowest BCUT2D eigenvalue weighted by atomic mass is 10.1. The van der Waals surface area contributed by atoms with Gasteiger partial charge in [0.15, 0.2) is 11.5 Å². The molecule has 6 aromatic rings. The summed E-state index contributed by atoms with van der Waals surface area (Å²) >= 11 is 0. The van der Waals surface area contributed by atoms with E-state index in [4.69, 9.17) is 9.97 Å². The first-order valence-corrected chi connectivity index (χ1v) is 9.48. The standard InChI is InChI=1S/C22H13FN8/c23-14-3-1-12(2-4-14)18-19-16(7-8-26-18)28-22(29-19)21-20-17(30-31-21)6-5-15(27-20)13-9-24-11-25-10-13/h1-11H,(H,28,29)(H,30,31). The number of imidazole rings is 1. The Hall–Kier alpha value is -4.53. The number of hydrogen-bond acceptors (Lipinski definition) is 6. The number of pyridine rings is 2. The average Bonchev–Trinajstić information content (AvgIpc) is 3.43. The third kappa shape index (κ3) is 2.91. The quantitative estimate of drug-likeness (QED) is 0.455. The molecule has 148 valence electrons. The number of benzene rings is 1. The van der Waals surface area contributed by atoms with E-state index in [1.165, 1.54) is 18.5 Å². The molecule has 0 saturated heterocycles. The second kappa shape index (κ2) is 6.77. The fourth-order valence-electron chi connectivity index (χ4n) is 3.52. The number of nitrogens with zero attached hydrogens (tertiary/aromatic N) is 6. The highest BCUT2D eigenvalue weighted by Gasteiger charge is 2.17. The Bertz CT molecular complexity index is 1540. The summed E-state index contributed by atoms with van der Waals surface area (Å²) < 4.78 is 13.3. The average molecular weight is 408 g/mol. The molecular weight excluding hydrogens is 395 g/mol. The van der Waals surface area contributed by atoms with E-state index in [9.17, 15) is 4.39 Å². The van der Waals surface area contributed by atoms with E-state index in [1.54, 1.807) is 30.7 Å². The molecule has 6 rings (SSSR count). The Labute approximate surface area is 174 Å². The van der Waals surface area contributed by atoms with E-state index in [0.717, 1.165) is 27.9 Å². The lowest BCUT2D eigenvalue weighted by Gasteiger charge is -2.01. The molecule has 0 aliphatic carbocycles. The van der Waals surface area contributed by atoms with Gasteiger partial charge in [-0.2, -0.15) is 5.10 Å². The van der Waals surface area contributed by atoms with Crippen molar-refractivity contribution in [2.24, 2.45) is 0 Å². The minimum atomic E-state index is -0.299. The van der Waals surface area contributed by atoms with Crippen LogP contribution in [0.15, 0.2) is 67.4 Å². The number of H-pyrrole nitrogens is 2. The van der Waals surface area contributed by atoms with E-state index in [2.05, 4.69) is 30.1 Å². The molecule has 1 aromatic carbocycles. The summed E-state index contributed by atoms with van der Waals surface area (Å²) in [4.78, 5) is 25.4. The summed E-state index contributed by atoms with van der Waals surface area (Å²) in [5.74, 6) is 0.263. The van der Waals surface area contributed by atoms with Crippen LogP contribution in [0.4, 0.5) is 4.39 Å². The molecular formula is C22H13FN8. The Morgan fingerprint density at radius 3 is 2.39 bits per heavy atom. The summed E-state index contributed by atoms with van der Waals surface area (Å²) in [7, 11) is 0. The number of aromatic nitrogens is 8. The van der Waals surface area contributed by atoms with Gasteiger partial charge < -0.3 is 4.98 Å². The van der Waals surface area contributed by atoms with Crippen LogP contribution in [0.3, 0.4) is 0 Å². The Balaban J connectivity index is 1.51. The Kier molecular flexibility index (Phi) is 3.79. The van der Waals surface area contributed by atoms with Gasteiger partial charge in [0.25, 0.3) is 0 Å². The zero-order valence-corrected chi connectivity index (χ0v) is 15.9. The zero-order valence-electron chi connectivity index (χ0n) is 15.9. The molecule has 0 aliphatic rings. The first kappa shape index (κ1) is 17.3. The van der Waals surface area contributed by atoms with Crippen molar-refractivity contribution < 1.29 is 4.39 Å². The number of rotatable bonds is 3. The summed E-state index contributed by atoms with van der Waals surface area (Å²) in [6, 6.07) is 11.8. The van der Waals surface area contributed by atoms with Gasteiger partial charge in [0, 0.05) is 29.7 Å². The zero-order chi connectivity index (χ0) is 20.8. The van der Waals surface area contributed by atoms with Gasteiger partial charge in [-0.25, -0.2) is 24.3 Å². The van der Waals surface area contributed by atoms with E-state index >= 15 is 0 Å². The fourth-order valence-corrected chi connectivity index (χ4v) is 3.52. The van der Waals surface area contributed by atoms with Crippen molar-refractivity contribution in [2.45, 2.75) is 0 Å². The molecule has 5 heterocycles. The number of hydrogen-bond donors (Lipinski definition) is 2. The lowest BCUT2D eigenvalue weighted by Crippen LogP contribution is -1.88. The van der Waals surface area contributed by atoms with Crippen LogP contribution in [0.2, 0.25) is 0 Å². The van der Waals surface area contributed by atoms with Gasteiger partial charge >= 0.3 is 0 Å². The largest absolute Gasteiger partial charge is 0.336 e. The van der Waals surface area contributed by atoms with Crippen molar-refractivity contribution in [1.29, 1.82) is 0 Å². The van der Waals surface area contributed by atoms with Crippen molar-refractivity contribution >= 4 is 22.1 Å². The molecule has 0 amide bonds.